The van der Waals surface area contributed by atoms with E-state index in [4.69, 9.17) is 14.2 Å². The lowest BCUT2D eigenvalue weighted by atomic mass is 10.1. The second-order valence-corrected chi connectivity index (χ2v) is 5.84. The molecule has 0 amide bonds. The van der Waals surface area contributed by atoms with E-state index in [-0.39, 0.29) is 0 Å². The molecule has 0 aliphatic carbocycles. The maximum absolute atomic E-state index is 5.40. The summed E-state index contributed by atoms with van der Waals surface area (Å²) in [6, 6.07) is 15.0. The molecule has 1 N–H and O–H groups in total. The Bertz CT molecular complexity index is 603. The summed E-state index contributed by atoms with van der Waals surface area (Å²) in [5.41, 5.74) is 2.48. The van der Waals surface area contributed by atoms with Gasteiger partial charge in [-0.05, 0) is 43.0 Å². The zero-order valence-electron chi connectivity index (χ0n) is 15.0. The van der Waals surface area contributed by atoms with Gasteiger partial charge in [0, 0.05) is 12.6 Å². The van der Waals surface area contributed by atoms with Crippen molar-refractivity contribution in [2.45, 2.75) is 32.4 Å². The van der Waals surface area contributed by atoms with Gasteiger partial charge in [-0.25, -0.2) is 0 Å². The van der Waals surface area contributed by atoms with Gasteiger partial charge < -0.3 is 19.5 Å². The Hall–Kier alpha value is -2.20. The lowest BCUT2D eigenvalue weighted by Gasteiger charge is -2.17. The molecule has 0 bridgehead atoms. The minimum absolute atomic E-state index is 0.421. The predicted octanol–water partition coefficient (Wildman–Crippen LogP) is 3.82. The Labute approximate surface area is 144 Å². The van der Waals surface area contributed by atoms with Crippen molar-refractivity contribution in [1.82, 2.24) is 5.32 Å². The molecule has 0 unspecified atom stereocenters. The molecule has 0 radical (unpaired) electrons. The fourth-order valence-corrected chi connectivity index (χ4v) is 2.66. The number of hydrogen-bond donors (Lipinski definition) is 1. The third-order valence-electron chi connectivity index (χ3n) is 4.09. The van der Waals surface area contributed by atoms with E-state index in [0.29, 0.717) is 23.3 Å². The fraction of sp³-hybridized carbons (Fsp3) is 0.400. The van der Waals surface area contributed by atoms with Crippen LogP contribution in [-0.2, 0) is 13.0 Å². The first kappa shape index (κ1) is 18.1. The van der Waals surface area contributed by atoms with Gasteiger partial charge in [-0.2, -0.15) is 0 Å². The highest BCUT2D eigenvalue weighted by atomic mass is 16.5. The lowest BCUT2D eigenvalue weighted by molar-refractivity contribution is 0.323. The van der Waals surface area contributed by atoms with Crippen molar-refractivity contribution in [3.63, 3.8) is 0 Å². The smallest absolute Gasteiger partial charge is 0.203 e. The van der Waals surface area contributed by atoms with Crippen LogP contribution >= 0.6 is 0 Å². The Kier molecular flexibility index (Phi) is 6.94. The van der Waals surface area contributed by atoms with E-state index in [1.807, 2.05) is 12.1 Å². The number of methoxy groups -OCH3 is 3. The Morgan fingerprint density at radius 3 is 2.04 bits per heavy atom. The third-order valence-corrected chi connectivity index (χ3v) is 4.09. The van der Waals surface area contributed by atoms with Gasteiger partial charge in [0.1, 0.15) is 0 Å². The topological polar surface area (TPSA) is 39.7 Å². The molecule has 130 valence electrons. The monoisotopic (exact) mass is 329 g/mol. The molecule has 0 aliphatic rings. The van der Waals surface area contributed by atoms with Crippen molar-refractivity contribution in [2.24, 2.45) is 0 Å². The Morgan fingerprint density at radius 2 is 1.50 bits per heavy atom. The molecule has 0 fully saturated rings. The zero-order chi connectivity index (χ0) is 17.4. The van der Waals surface area contributed by atoms with Crippen LogP contribution in [0.1, 0.15) is 24.5 Å². The summed E-state index contributed by atoms with van der Waals surface area (Å²) >= 11 is 0. The van der Waals surface area contributed by atoms with E-state index in [9.17, 15) is 0 Å². The van der Waals surface area contributed by atoms with Gasteiger partial charge in [0.2, 0.25) is 5.75 Å². The third kappa shape index (κ3) is 4.90. The molecule has 2 aromatic carbocycles. The number of ether oxygens (including phenoxy) is 3. The van der Waals surface area contributed by atoms with Crippen LogP contribution in [0.5, 0.6) is 17.2 Å². The zero-order valence-corrected chi connectivity index (χ0v) is 15.0. The van der Waals surface area contributed by atoms with E-state index >= 15 is 0 Å². The molecule has 0 spiro atoms. The highest BCUT2D eigenvalue weighted by Crippen LogP contribution is 2.38. The second-order valence-electron chi connectivity index (χ2n) is 5.84. The van der Waals surface area contributed by atoms with Crippen LogP contribution in [0, 0.1) is 0 Å². The molecule has 0 saturated carbocycles. The lowest BCUT2D eigenvalue weighted by Crippen LogP contribution is -2.26. The normalized spacial score (nSPS) is 11.8. The van der Waals surface area contributed by atoms with Crippen LogP contribution in [0.15, 0.2) is 42.5 Å². The molecule has 4 nitrogen and oxygen atoms in total. The van der Waals surface area contributed by atoms with Crippen LogP contribution in [-0.4, -0.2) is 27.4 Å². The van der Waals surface area contributed by atoms with Crippen molar-refractivity contribution >= 4 is 0 Å². The second kappa shape index (κ2) is 9.18. The van der Waals surface area contributed by atoms with Crippen LogP contribution in [0.25, 0.3) is 0 Å². The Morgan fingerprint density at radius 1 is 0.875 bits per heavy atom. The first-order valence-electron chi connectivity index (χ1n) is 8.24. The van der Waals surface area contributed by atoms with E-state index in [1.165, 1.54) is 5.56 Å². The summed E-state index contributed by atoms with van der Waals surface area (Å²) < 4.78 is 16.2. The number of nitrogens with one attached hydrogen (secondary N) is 1. The van der Waals surface area contributed by atoms with Gasteiger partial charge in [-0.1, -0.05) is 30.3 Å². The van der Waals surface area contributed by atoms with Gasteiger partial charge in [0.05, 0.1) is 21.3 Å². The van der Waals surface area contributed by atoms with Gasteiger partial charge >= 0.3 is 0 Å². The molecule has 2 aromatic rings. The average Bonchev–Trinajstić information content (AvgIpc) is 2.64. The summed E-state index contributed by atoms with van der Waals surface area (Å²) in [5.74, 6) is 2.00. The number of aryl methyl sites for hydroxylation is 1. The van der Waals surface area contributed by atoms with Crippen LogP contribution in [0.2, 0.25) is 0 Å². The van der Waals surface area contributed by atoms with Crippen molar-refractivity contribution in [1.29, 1.82) is 0 Å². The van der Waals surface area contributed by atoms with Crippen molar-refractivity contribution in [3.05, 3.63) is 53.6 Å². The molecule has 1 atom stereocenters. The average molecular weight is 329 g/mol. The van der Waals surface area contributed by atoms with E-state index in [2.05, 4.69) is 42.6 Å². The summed E-state index contributed by atoms with van der Waals surface area (Å²) in [7, 11) is 4.89. The molecule has 2 rings (SSSR count). The van der Waals surface area contributed by atoms with Crippen LogP contribution < -0.4 is 19.5 Å². The van der Waals surface area contributed by atoms with Crippen LogP contribution in [0.4, 0.5) is 0 Å². The van der Waals surface area contributed by atoms with E-state index < -0.39 is 0 Å². The first-order valence-corrected chi connectivity index (χ1v) is 8.24. The van der Waals surface area contributed by atoms with Gasteiger partial charge in [0.15, 0.2) is 11.5 Å². The van der Waals surface area contributed by atoms with Gasteiger partial charge in [0.25, 0.3) is 0 Å². The number of rotatable bonds is 9. The maximum Gasteiger partial charge on any atom is 0.203 e. The molecule has 0 aliphatic heterocycles. The summed E-state index contributed by atoms with van der Waals surface area (Å²) in [4.78, 5) is 0. The van der Waals surface area contributed by atoms with Crippen molar-refractivity contribution in [3.8, 4) is 17.2 Å². The first-order chi connectivity index (χ1) is 11.7. The minimum atomic E-state index is 0.421. The Balaban J connectivity index is 1.93. The maximum atomic E-state index is 5.40. The summed E-state index contributed by atoms with van der Waals surface area (Å²) in [6.45, 7) is 2.97. The van der Waals surface area contributed by atoms with Gasteiger partial charge in [-0.15, -0.1) is 0 Å². The standard InChI is InChI=1S/C20H27NO3/c1-15(10-11-16-8-6-5-7-9-16)21-14-17-12-18(22-2)20(24-4)19(13-17)23-3/h5-9,12-13,15,21H,10-11,14H2,1-4H3/t15-/m0/s1. The molecule has 0 aromatic heterocycles. The molecule has 24 heavy (non-hydrogen) atoms. The van der Waals surface area contributed by atoms with E-state index in [0.717, 1.165) is 24.9 Å². The van der Waals surface area contributed by atoms with Gasteiger partial charge in [-0.3, -0.25) is 0 Å². The molecule has 0 saturated heterocycles. The summed E-state index contributed by atoms with van der Waals surface area (Å²) in [6.07, 6.45) is 2.17. The highest BCUT2D eigenvalue weighted by Gasteiger charge is 2.13. The SMILES string of the molecule is COc1cc(CN[C@@H](C)CCc2ccccc2)cc(OC)c1OC. The largest absolute Gasteiger partial charge is 0.493 e. The number of hydrogen-bond acceptors (Lipinski definition) is 4. The molecule has 4 heteroatoms. The quantitative estimate of drug-likeness (QED) is 0.759. The molecular formula is C20H27NO3. The molecular weight excluding hydrogens is 302 g/mol. The minimum Gasteiger partial charge on any atom is -0.493 e. The van der Waals surface area contributed by atoms with E-state index in [1.54, 1.807) is 21.3 Å². The van der Waals surface area contributed by atoms with Crippen LogP contribution in [0.3, 0.4) is 0 Å². The summed E-state index contributed by atoms with van der Waals surface area (Å²) in [5, 5.41) is 3.56. The number of benzene rings is 2. The van der Waals surface area contributed by atoms with Crippen molar-refractivity contribution < 1.29 is 14.2 Å². The highest BCUT2D eigenvalue weighted by molar-refractivity contribution is 5.53. The van der Waals surface area contributed by atoms with Crippen molar-refractivity contribution in [2.75, 3.05) is 21.3 Å². The molecule has 0 heterocycles. The fourth-order valence-electron chi connectivity index (χ4n) is 2.66. The predicted molar refractivity (Wildman–Crippen MR) is 97.2 cm³/mol.